The van der Waals surface area contributed by atoms with E-state index >= 15 is 0 Å². The molecule has 0 bridgehead atoms. The molecule has 12 heteroatoms. The van der Waals surface area contributed by atoms with Crippen molar-refractivity contribution in [2.75, 3.05) is 30.7 Å². The van der Waals surface area contributed by atoms with E-state index in [9.17, 15) is 0 Å². The summed E-state index contributed by atoms with van der Waals surface area (Å²) in [6.45, 7) is 0.592. The van der Waals surface area contributed by atoms with E-state index in [1.54, 1.807) is 10.9 Å². The number of anilines is 6. The number of fused-ring (bicyclic) bond motifs is 10. The Morgan fingerprint density at radius 1 is 0.529 bits per heavy atom. The third kappa shape index (κ3) is 7.62. The second kappa shape index (κ2) is 20.0. The summed E-state index contributed by atoms with van der Waals surface area (Å²) in [4.78, 5) is 14.6. The van der Waals surface area contributed by atoms with Gasteiger partial charge in [0.1, 0.15) is 18.2 Å². The van der Waals surface area contributed by atoms with Gasteiger partial charge in [-0.1, -0.05) is 168 Å². The summed E-state index contributed by atoms with van der Waals surface area (Å²) < 4.78 is 0. The number of amidine groups is 1. The monoisotopic (exact) mass is 1130 g/mol. The van der Waals surface area contributed by atoms with E-state index < -0.39 is 6.17 Å². The number of aliphatic imine (C=N–C) groups is 1. The van der Waals surface area contributed by atoms with E-state index in [2.05, 4.69) is 242 Å². The van der Waals surface area contributed by atoms with Crippen LogP contribution in [-0.4, -0.2) is 62.3 Å². The molecule has 6 aromatic rings. The Labute approximate surface area is 512 Å². The number of para-hydroxylation sites is 6. The van der Waals surface area contributed by atoms with Gasteiger partial charge in [0.25, 0.3) is 0 Å². The molecular formula is C75H70B3N9. The fourth-order valence-electron chi connectivity index (χ4n) is 18.8. The fraction of sp³-hybridized carbons (Fsp3) is 0.267. The van der Waals surface area contributed by atoms with Crippen molar-refractivity contribution in [2.24, 2.45) is 4.99 Å². The van der Waals surface area contributed by atoms with Crippen molar-refractivity contribution in [1.82, 2.24) is 10.6 Å². The van der Waals surface area contributed by atoms with E-state index in [0.29, 0.717) is 23.9 Å². The molecule has 5 N–H and O–H groups in total. The summed E-state index contributed by atoms with van der Waals surface area (Å²) in [6, 6.07) is 58.9. The van der Waals surface area contributed by atoms with Crippen LogP contribution in [0.15, 0.2) is 261 Å². The van der Waals surface area contributed by atoms with Gasteiger partial charge in [-0.2, -0.15) is 0 Å². The molecule has 8 atom stereocenters. The van der Waals surface area contributed by atoms with Crippen molar-refractivity contribution in [3.8, 4) is 0 Å². The lowest BCUT2D eigenvalue weighted by molar-refractivity contribution is 0.432. The summed E-state index contributed by atoms with van der Waals surface area (Å²) in [5.74, 6) is 1.34. The molecule has 13 aliphatic rings. The van der Waals surface area contributed by atoms with Gasteiger partial charge < -0.3 is 36.0 Å². The van der Waals surface area contributed by atoms with Crippen LogP contribution >= 0.6 is 0 Å². The molecule has 6 aromatic carbocycles. The Bertz CT molecular complexity index is 4230. The molecule has 0 saturated heterocycles. The Kier molecular flexibility index (Phi) is 11.6. The van der Waals surface area contributed by atoms with Gasteiger partial charge in [-0.05, 0) is 159 Å². The standard InChI is InChI=1S/C75H70B3N9/c1-4-22-46(23-5-1)85-64-43-19-40-61-67(64)76(52-31-10-13-37-58(52)79-61)55-34-16-28-49(70(55)85)73-82-74(50-29-17-35-56-71(50)86(47-24-6-2-7-25-47)65-44-20-41-62-68(65)77(56)53-32-11-14-38-59(53)80-62)84-75(83-73)51-30-18-36-57-72(51)87(48-26-8-3-9-27-48)66-45-21-42-63-69(66)78(57)54-33-12-15-39-60(54)81-63/h1-8,10-15,18-19,21-25,28-33,36-39,43,45,48,61-64,67,73,75,79-81,83H,9,16-17,20,26-27,34-35,40-42,44H2,(H,82,84). The zero-order valence-corrected chi connectivity index (χ0v) is 49.2. The average Bonchev–Trinajstić information content (AvgIpc) is 1.19. The highest BCUT2D eigenvalue weighted by molar-refractivity contribution is 6.94. The van der Waals surface area contributed by atoms with Crippen LogP contribution in [0.2, 0.25) is 5.82 Å². The fourth-order valence-corrected chi connectivity index (χ4v) is 18.8. The van der Waals surface area contributed by atoms with Gasteiger partial charge >= 0.3 is 0 Å². The lowest BCUT2D eigenvalue weighted by atomic mass is 9.26. The highest BCUT2D eigenvalue weighted by atomic mass is 15.3. The maximum Gasteiger partial charge on any atom is 0.247 e. The molecule has 424 valence electrons. The zero-order valence-electron chi connectivity index (χ0n) is 49.2. The van der Waals surface area contributed by atoms with E-state index in [0.717, 1.165) is 82.9 Å². The van der Waals surface area contributed by atoms with Gasteiger partial charge in [0.15, 0.2) is 0 Å². The van der Waals surface area contributed by atoms with Crippen LogP contribution in [0.3, 0.4) is 0 Å². The number of allylic oxidation sites excluding steroid dienone is 7. The summed E-state index contributed by atoms with van der Waals surface area (Å²) in [5.41, 5.74) is 28.7. The van der Waals surface area contributed by atoms with Crippen molar-refractivity contribution < 1.29 is 0 Å². The third-order valence-electron chi connectivity index (χ3n) is 22.1. The van der Waals surface area contributed by atoms with Crippen molar-refractivity contribution in [1.29, 1.82) is 0 Å². The van der Waals surface area contributed by atoms with Crippen LogP contribution in [0.25, 0.3) is 0 Å². The SMILES string of the molecule is C1=CCC(N2C3=C4B(c5ccccc5NC4CC=C3)c3cccc(C4N=C(C5=CCCC6=C5N(c5ccccc5)C5=C7B6c6ccccc6NC7CCC5)NC(C5=CCCC6=C5N(c5ccccc5)C5C=CCC7Nc8ccccc8B6C75)N4)c32)CC1. The molecule has 0 aromatic heterocycles. The van der Waals surface area contributed by atoms with Crippen LogP contribution in [0.4, 0.5) is 34.1 Å². The Morgan fingerprint density at radius 3 is 2.07 bits per heavy atom. The lowest BCUT2D eigenvalue weighted by Gasteiger charge is -2.55. The first-order chi connectivity index (χ1) is 43.2. The average molecular weight is 1130 g/mol. The third-order valence-corrected chi connectivity index (χ3v) is 22.1. The first-order valence-electron chi connectivity index (χ1n) is 32.8. The molecule has 7 aliphatic heterocycles. The smallest absolute Gasteiger partial charge is 0.247 e. The quantitative estimate of drug-likeness (QED) is 0.0834. The van der Waals surface area contributed by atoms with Crippen LogP contribution in [0, 0.1) is 0 Å². The largest absolute Gasteiger partial charge is 0.383 e. The molecule has 0 amide bonds. The molecule has 7 heterocycles. The molecule has 19 rings (SSSR count). The summed E-state index contributed by atoms with van der Waals surface area (Å²) in [6.07, 6.45) is 31.6. The Hall–Kier alpha value is -8.60. The van der Waals surface area contributed by atoms with E-state index in [1.807, 2.05) is 0 Å². The predicted octanol–water partition coefficient (Wildman–Crippen LogP) is 11.8. The van der Waals surface area contributed by atoms with Crippen molar-refractivity contribution in [2.45, 2.75) is 125 Å². The molecule has 0 saturated carbocycles. The summed E-state index contributed by atoms with van der Waals surface area (Å²) >= 11 is 0. The first kappa shape index (κ1) is 50.5. The normalized spacial score (nSPS) is 27.5. The van der Waals surface area contributed by atoms with Crippen LogP contribution in [0.5, 0.6) is 0 Å². The second-order valence-electron chi connectivity index (χ2n) is 26.5. The molecule has 0 spiro atoms. The van der Waals surface area contributed by atoms with Crippen LogP contribution in [0.1, 0.15) is 88.8 Å². The summed E-state index contributed by atoms with van der Waals surface area (Å²) in [5, 5.41) is 21.1. The number of hydrogen-bond donors (Lipinski definition) is 5. The summed E-state index contributed by atoms with van der Waals surface area (Å²) in [7, 11) is 0. The Balaban J connectivity index is 0.841. The van der Waals surface area contributed by atoms with Gasteiger partial charge in [-0.25, -0.2) is 4.99 Å². The van der Waals surface area contributed by atoms with E-state index in [-0.39, 0.29) is 38.4 Å². The van der Waals surface area contributed by atoms with Crippen LogP contribution in [-0.2, 0) is 0 Å². The van der Waals surface area contributed by atoms with E-state index in [4.69, 9.17) is 4.99 Å². The molecular weight excluding hydrogens is 1060 g/mol. The minimum Gasteiger partial charge on any atom is -0.383 e. The van der Waals surface area contributed by atoms with Gasteiger partial charge in [-0.3, -0.25) is 5.32 Å². The molecule has 87 heavy (non-hydrogen) atoms. The van der Waals surface area contributed by atoms with Gasteiger partial charge in [0, 0.05) is 97.8 Å². The highest BCUT2D eigenvalue weighted by Gasteiger charge is 2.55. The van der Waals surface area contributed by atoms with Gasteiger partial charge in [0.05, 0.1) is 6.04 Å². The second-order valence-corrected chi connectivity index (χ2v) is 26.5. The van der Waals surface area contributed by atoms with Gasteiger partial charge in [0.2, 0.25) is 20.1 Å². The lowest BCUT2D eigenvalue weighted by Crippen LogP contribution is -2.63. The molecule has 8 unspecified atom stereocenters. The number of nitrogens with zero attached hydrogens (tertiary/aromatic N) is 4. The van der Waals surface area contributed by atoms with Crippen molar-refractivity contribution in [3.63, 3.8) is 0 Å². The van der Waals surface area contributed by atoms with E-state index in [1.165, 1.54) is 106 Å². The molecule has 0 radical (unpaired) electrons. The topological polar surface area (TPSA) is 82.2 Å². The molecule has 6 aliphatic carbocycles. The van der Waals surface area contributed by atoms with Crippen molar-refractivity contribution in [3.05, 3.63) is 262 Å². The molecule has 9 nitrogen and oxygen atoms in total. The zero-order chi connectivity index (χ0) is 56.8. The number of nitrogens with one attached hydrogen (secondary N) is 5. The number of benzene rings is 6. The maximum atomic E-state index is 6.28. The first-order valence-corrected chi connectivity index (χ1v) is 32.8. The minimum absolute atomic E-state index is 0.118. The van der Waals surface area contributed by atoms with Gasteiger partial charge in [-0.15, -0.1) is 0 Å². The molecule has 0 fully saturated rings. The minimum atomic E-state index is -0.411. The predicted molar refractivity (Wildman–Crippen MR) is 363 cm³/mol. The van der Waals surface area contributed by atoms with Crippen LogP contribution < -0.4 is 63.1 Å². The van der Waals surface area contributed by atoms with Crippen molar-refractivity contribution >= 4 is 81.9 Å². The number of rotatable bonds is 6. The number of hydrogen-bond acceptors (Lipinski definition) is 9. The maximum absolute atomic E-state index is 6.28. The Morgan fingerprint density at radius 2 is 1.25 bits per heavy atom. The highest BCUT2D eigenvalue weighted by Crippen LogP contribution is 2.53.